The number of amides is 1. The van der Waals surface area contributed by atoms with Gasteiger partial charge in [0.15, 0.2) is 0 Å². The lowest BCUT2D eigenvalue weighted by atomic mass is 9.96. The fourth-order valence-electron chi connectivity index (χ4n) is 2.87. The first-order valence-electron chi connectivity index (χ1n) is 7.40. The molecule has 0 spiro atoms. The molecule has 21 heavy (non-hydrogen) atoms. The SMILES string of the molecule is CC1CCCC(CN)N1CC(=O)Nc1ccc(C#N)cc1. The number of piperidine rings is 1. The highest BCUT2D eigenvalue weighted by Gasteiger charge is 2.28. The molecular formula is C16H22N4O. The summed E-state index contributed by atoms with van der Waals surface area (Å²) in [5.74, 6) is -0.0353. The van der Waals surface area contributed by atoms with Gasteiger partial charge in [0.2, 0.25) is 5.91 Å². The first-order chi connectivity index (χ1) is 10.1. The predicted molar refractivity (Wildman–Crippen MR) is 82.6 cm³/mol. The van der Waals surface area contributed by atoms with E-state index in [2.05, 4.69) is 23.2 Å². The van der Waals surface area contributed by atoms with Crippen LogP contribution in [0.25, 0.3) is 0 Å². The van der Waals surface area contributed by atoms with E-state index in [1.165, 1.54) is 6.42 Å². The van der Waals surface area contributed by atoms with Crippen LogP contribution >= 0.6 is 0 Å². The summed E-state index contributed by atoms with van der Waals surface area (Å²) in [4.78, 5) is 14.4. The van der Waals surface area contributed by atoms with E-state index < -0.39 is 0 Å². The molecule has 1 aliphatic rings. The molecule has 1 heterocycles. The topological polar surface area (TPSA) is 82.2 Å². The molecule has 112 valence electrons. The Morgan fingerprint density at radius 2 is 2.14 bits per heavy atom. The van der Waals surface area contributed by atoms with E-state index in [1.54, 1.807) is 24.3 Å². The molecule has 1 fully saturated rings. The lowest BCUT2D eigenvalue weighted by Gasteiger charge is -2.39. The van der Waals surface area contributed by atoms with Crippen molar-refractivity contribution >= 4 is 11.6 Å². The van der Waals surface area contributed by atoms with Crippen molar-refractivity contribution in [3.05, 3.63) is 29.8 Å². The minimum Gasteiger partial charge on any atom is -0.329 e. The largest absolute Gasteiger partial charge is 0.329 e. The normalized spacial score (nSPS) is 22.5. The van der Waals surface area contributed by atoms with Crippen molar-refractivity contribution in [2.24, 2.45) is 5.73 Å². The third-order valence-electron chi connectivity index (χ3n) is 4.09. The Bertz CT molecular complexity index is 520. The van der Waals surface area contributed by atoms with Crippen LogP contribution in [0, 0.1) is 11.3 Å². The van der Waals surface area contributed by atoms with Crippen LogP contribution in [-0.4, -0.2) is 36.0 Å². The highest BCUT2D eigenvalue weighted by molar-refractivity contribution is 5.92. The number of rotatable bonds is 4. The summed E-state index contributed by atoms with van der Waals surface area (Å²) in [6.07, 6.45) is 3.35. The molecule has 5 nitrogen and oxygen atoms in total. The Kier molecular flexibility index (Phi) is 5.32. The monoisotopic (exact) mass is 286 g/mol. The zero-order valence-electron chi connectivity index (χ0n) is 12.4. The molecule has 1 aliphatic heterocycles. The Morgan fingerprint density at radius 1 is 1.43 bits per heavy atom. The number of benzene rings is 1. The summed E-state index contributed by atoms with van der Waals surface area (Å²) in [5.41, 5.74) is 7.11. The fourth-order valence-corrected chi connectivity index (χ4v) is 2.87. The zero-order chi connectivity index (χ0) is 15.2. The maximum atomic E-state index is 12.2. The number of nitrogens with two attached hydrogens (primary N) is 1. The van der Waals surface area contributed by atoms with E-state index in [4.69, 9.17) is 11.0 Å². The van der Waals surface area contributed by atoms with Gasteiger partial charge >= 0.3 is 0 Å². The number of hydrogen-bond donors (Lipinski definition) is 2. The fraction of sp³-hybridized carbons (Fsp3) is 0.500. The molecule has 1 aromatic carbocycles. The maximum Gasteiger partial charge on any atom is 0.238 e. The number of nitrogens with one attached hydrogen (secondary N) is 1. The number of anilines is 1. The van der Waals surface area contributed by atoms with Crippen LogP contribution in [0.5, 0.6) is 0 Å². The Hall–Kier alpha value is -1.90. The van der Waals surface area contributed by atoms with Crippen LogP contribution in [0.15, 0.2) is 24.3 Å². The van der Waals surface area contributed by atoms with Crippen molar-refractivity contribution in [3.8, 4) is 6.07 Å². The van der Waals surface area contributed by atoms with E-state index in [-0.39, 0.29) is 5.91 Å². The number of carbonyl (C=O) groups excluding carboxylic acids is 1. The van der Waals surface area contributed by atoms with Crippen molar-refractivity contribution < 1.29 is 4.79 Å². The van der Waals surface area contributed by atoms with Crippen molar-refractivity contribution in [3.63, 3.8) is 0 Å². The Balaban J connectivity index is 1.95. The summed E-state index contributed by atoms with van der Waals surface area (Å²) in [7, 11) is 0. The van der Waals surface area contributed by atoms with Crippen LogP contribution in [0.2, 0.25) is 0 Å². The standard InChI is InChI=1S/C16H22N4O/c1-12-3-2-4-15(10-18)20(12)11-16(21)19-14-7-5-13(9-17)6-8-14/h5-8,12,15H,2-4,10-11,18H2,1H3,(H,19,21). The van der Waals surface area contributed by atoms with Gasteiger partial charge < -0.3 is 11.1 Å². The number of nitrogens with zero attached hydrogens (tertiary/aromatic N) is 2. The summed E-state index contributed by atoms with van der Waals surface area (Å²) < 4.78 is 0. The van der Waals surface area contributed by atoms with E-state index >= 15 is 0 Å². The van der Waals surface area contributed by atoms with Gasteiger partial charge in [-0.15, -0.1) is 0 Å². The second-order valence-electron chi connectivity index (χ2n) is 5.58. The summed E-state index contributed by atoms with van der Waals surface area (Å²) >= 11 is 0. The molecule has 0 bridgehead atoms. The van der Waals surface area contributed by atoms with Crippen LogP contribution in [0.4, 0.5) is 5.69 Å². The minimum absolute atomic E-state index is 0.0353. The van der Waals surface area contributed by atoms with Gasteiger partial charge in [-0.25, -0.2) is 0 Å². The maximum absolute atomic E-state index is 12.2. The van der Waals surface area contributed by atoms with Gasteiger partial charge in [0.25, 0.3) is 0 Å². The zero-order valence-corrected chi connectivity index (χ0v) is 12.4. The third kappa shape index (κ3) is 4.03. The van der Waals surface area contributed by atoms with Gasteiger partial charge in [0.1, 0.15) is 0 Å². The molecule has 1 aromatic rings. The van der Waals surface area contributed by atoms with Crippen LogP contribution in [0.3, 0.4) is 0 Å². The van der Waals surface area contributed by atoms with Crippen molar-refractivity contribution in [1.82, 2.24) is 4.90 Å². The first-order valence-corrected chi connectivity index (χ1v) is 7.40. The first kappa shape index (κ1) is 15.5. The molecule has 0 aliphatic carbocycles. The van der Waals surface area contributed by atoms with Crippen LogP contribution < -0.4 is 11.1 Å². The van der Waals surface area contributed by atoms with Gasteiger partial charge in [-0.2, -0.15) is 5.26 Å². The highest BCUT2D eigenvalue weighted by Crippen LogP contribution is 2.22. The third-order valence-corrected chi connectivity index (χ3v) is 4.09. The second kappa shape index (κ2) is 7.21. The van der Waals surface area contributed by atoms with E-state index in [9.17, 15) is 4.79 Å². The molecule has 1 saturated heterocycles. The summed E-state index contributed by atoms with van der Waals surface area (Å²) in [5, 5.41) is 11.6. The molecule has 0 radical (unpaired) electrons. The van der Waals surface area contributed by atoms with Gasteiger partial charge in [-0.3, -0.25) is 9.69 Å². The predicted octanol–water partition coefficient (Wildman–Crippen LogP) is 1.70. The van der Waals surface area contributed by atoms with E-state index in [1.807, 2.05) is 0 Å². The van der Waals surface area contributed by atoms with Crippen LogP contribution in [-0.2, 0) is 4.79 Å². The number of hydrogen-bond acceptors (Lipinski definition) is 4. The number of nitriles is 1. The lowest BCUT2D eigenvalue weighted by Crippen LogP contribution is -2.51. The smallest absolute Gasteiger partial charge is 0.238 e. The number of likely N-dealkylation sites (tertiary alicyclic amines) is 1. The average Bonchev–Trinajstić information content (AvgIpc) is 2.50. The van der Waals surface area contributed by atoms with Gasteiger partial charge in [-0.1, -0.05) is 6.42 Å². The highest BCUT2D eigenvalue weighted by atomic mass is 16.2. The van der Waals surface area contributed by atoms with Crippen molar-refractivity contribution in [2.75, 3.05) is 18.4 Å². The number of carbonyl (C=O) groups is 1. The van der Waals surface area contributed by atoms with Crippen molar-refractivity contribution in [2.45, 2.75) is 38.3 Å². The molecular weight excluding hydrogens is 264 g/mol. The minimum atomic E-state index is -0.0353. The van der Waals surface area contributed by atoms with Gasteiger partial charge in [0, 0.05) is 24.3 Å². The quantitative estimate of drug-likeness (QED) is 0.882. The molecule has 2 unspecified atom stereocenters. The molecule has 0 aromatic heterocycles. The molecule has 2 atom stereocenters. The molecule has 2 rings (SSSR count). The summed E-state index contributed by atoms with van der Waals surface area (Å²) in [6, 6.07) is 9.62. The second-order valence-corrected chi connectivity index (χ2v) is 5.58. The van der Waals surface area contributed by atoms with Crippen LogP contribution in [0.1, 0.15) is 31.7 Å². The van der Waals surface area contributed by atoms with Gasteiger partial charge in [0.05, 0.1) is 18.2 Å². The lowest BCUT2D eigenvalue weighted by molar-refractivity contribution is -0.118. The average molecular weight is 286 g/mol. The van der Waals surface area contributed by atoms with Gasteiger partial charge in [-0.05, 0) is 44.0 Å². The Labute approximate surface area is 125 Å². The molecule has 1 amide bonds. The van der Waals surface area contributed by atoms with E-state index in [0.29, 0.717) is 36.4 Å². The van der Waals surface area contributed by atoms with E-state index in [0.717, 1.165) is 12.8 Å². The molecule has 3 N–H and O–H groups in total. The molecule has 0 saturated carbocycles. The van der Waals surface area contributed by atoms with Crippen molar-refractivity contribution in [1.29, 1.82) is 5.26 Å². The Morgan fingerprint density at radius 3 is 2.76 bits per heavy atom. The summed E-state index contributed by atoms with van der Waals surface area (Å²) in [6.45, 7) is 3.11. The molecule has 5 heteroatoms.